The smallest absolute Gasteiger partial charge is 0.0625 e. The van der Waals surface area contributed by atoms with E-state index in [4.69, 9.17) is 0 Å². The van der Waals surface area contributed by atoms with Crippen LogP contribution < -0.4 is 0 Å². The van der Waals surface area contributed by atoms with Crippen molar-refractivity contribution in [3.05, 3.63) is 24.4 Å². The lowest BCUT2D eigenvalue weighted by molar-refractivity contribution is 0.724. The number of hydrogen-bond acceptors (Lipinski definition) is 1. The predicted molar refractivity (Wildman–Crippen MR) is 41.4 cm³/mol. The number of H-pyrrole nitrogens is 1. The predicted octanol–water partition coefficient (Wildman–Crippen LogP) is 1.81. The molecule has 0 bridgehead atoms. The molecule has 2 nitrogen and oxygen atoms in total. The van der Waals surface area contributed by atoms with Crippen molar-refractivity contribution in [2.45, 2.75) is 20.3 Å². The first-order valence-corrected chi connectivity index (χ1v) is 3.61. The van der Waals surface area contributed by atoms with Crippen molar-refractivity contribution in [3.63, 3.8) is 0 Å². The molecule has 0 saturated carbocycles. The first-order chi connectivity index (χ1) is 4.79. The van der Waals surface area contributed by atoms with E-state index in [1.807, 2.05) is 12.3 Å². The van der Waals surface area contributed by atoms with E-state index in [9.17, 15) is 0 Å². The average Bonchev–Trinajstić information content (AvgIpc) is 2.34. The number of hydrogen-bond donors (Lipinski definition) is 1. The zero-order chi connectivity index (χ0) is 7.40. The van der Waals surface area contributed by atoms with E-state index in [1.54, 1.807) is 0 Å². The van der Waals surface area contributed by atoms with Crippen LogP contribution in [0.4, 0.5) is 0 Å². The molecule has 0 fully saturated rings. The third-order valence-corrected chi connectivity index (χ3v) is 1.36. The molecule has 55 valence electrons. The minimum absolute atomic E-state index is 0.650. The van der Waals surface area contributed by atoms with Crippen LogP contribution in [0, 0.1) is 12.3 Å². The molecule has 1 aromatic heterocycles. The molecular formula is C8H13N2. The van der Waals surface area contributed by atoms with Crippen molar-refractivity contribution in [1.29, 1.82) is 0 Å². The average molecular weight is 137 g/mol. The Balaban J connectivity index is 2.28. The minimum atomic E-state index is 0.650. The Labute approximate surface area is 61.7 Å². The van der Waals surface area contributed by atoms with Crippen LogP contribution in [-0.2, 0) is 6.42 Å². The number of nitrogens with one attached hydrogen (secondary N) is 1. The molecule has 1 radical (unpaired) electrons. The van der Waals surface area contributed by atoms with Gasteiger partial charge >= 0.3 is 0 Å². The lowest BCUT2D eigenvalue weighted by atomic mass is 10.1. The molecule has 2 heteroatoms. The molecule has 0 atom stereocenters. The first-order valence-electron chi connectivity index (χ1n) is 3.61. The molecule has 0 aromatic carbocycles. The fraction of sp³-hybridized carbons (Fsp3) is 0.500. The van der Waals surface area contributed by atoms with Crippen molar-refractivity contribution in [3.8, 4) is 0 Å². The topological polar surface area (TPSA) is 28.7 Å². The van der Waals surface area contributed by atoms with Crippen LogP contribution in [0.15, 0.2) is 12.3 Å². The molecule has 10 heavy (non-hydrogen) atoms. The first kappa shape index (κ1) is 7.32. The molecular weight excluding hydrogens is 124 g/mol. The van der Waals surface area contributed by atoms with Crippen LogP contribution in [0.1, 0.15) is 19.5 Å². The third kappa shape index (κ3) is 2.21. The maximum Gasteiger partial charge on any atom is 0.0625 e. The number of nitrogens with zero attached hydrogens (tertiary/aromatic N) is 1. The van der Waals surface area contributed by atoms with Gasteiger partial charge in [0, 0.05) is 6.20 Å². The molecule has 0 unspecified atom stereocenters. The van der Waals surface area contributed by atoms with Gasteiger partial charge in [-0.3, -0.25) is 5.10 Å². The van der Waals surface area contributed by atoms with Crippen LogP contribution in [-0.4, -0.2) is 10.2 Å². The van der Waals surface area contributed by atoms with Crippen LogP contribution >= 0.6 is 0 Å². The normalized spacial score (nSPS) is 10.7. The molecule has 0 amide bonds. The summed E-state index contributed by atoms with van der Waals surface area (Å²) in [5.41, 5.74) is 1.12. The Kier molecular flexibility index (Phi) is 2.49. The summed E-state index contributed by atoms with van der Waals surface area (Å²) in [6, 6.07) is 2.00. The Morgan fingerprint density at radius 1 is 1.70 bits per heavy atom. The summed E-state index contributed by atoms with van der Waals surface area (Å²) < 4.78 is 0. The Hall–Kier alpha value is -0.790. The van der Waals surface area contributed by atoms with Crippen LogP contribution in [0.25, 0.3) is 0 Å². The van der Waals surface area contributed by atoms with Gasteiger partial charge in [-0.2, -0.15) is 5.10 Å². The fourth-order valence-electron chi connectivity index (χ4n) is 0.761. The fourth-order valence-corrected chi connectivity index (χ4v) is 0.761. The number of aromatic amines is 1. The SMILES string of the molecule is CC(C)[CH]Cc1cc[nH]n1. The molecule has 1 N–H and O–H groups in total. The van der Waals surface area contributed by atoms with E-state index in [0.717, 1.165) is 12.1 Å². The van der Waals surface area contributed by atoms with Crippen molar-refractivity contribution in [2.24, 2.45) is 5.92 Å². The van der Waals surface area contributed by atoms with Crippen LogP contribution in [0.2, 0.25) is 0 Å². The summed E-state index contributed by atoms with van der Waals surface area (Å²) in [4.78, 5) is 0. The lowest BCUT2D eigenvalue weighted by Crippen LogP contribution is -1.93. The zero-order valence-electron chi connectivity index (χ0n) is 6.46. The van der Waals surface area contributed by atoms with E-state index in [1.165, 1.54) is 0 Å². The number of aromatic nitrogens is 2. The Morgan fingerprint density at radius 2 is 2.50 bits per heavy atom. The van der Waals surface area contributed by atoms with Crippen LogP contribution in [0.5, 0.6) is 0 Å². The van der Waals surface area contributed by atoms with Crippen molar-refractivity contribution < 1.29 is 0 Å². The zero-order valence-corrected chi connectivity index (χ0v) is 6.46. The van der Waals surface area contributed by atoms with Gasteiger partial charge < -0.3 is 0 Å². The van der Waals surface area contributed by atoms with Gasteiger partial charge in [0.25, 0.3) is 0 Å². The van der Waals surface area contributed by atoms with E-state index < -0.39 is 0 Å². The molecule has 0 spiro atoms. The van der Waals surface area contributed by atoms with Gasteiger partial charge in [-0.25, -0.2) is 0 Å². The molecule has 0 aliphatic carbocycles. The molecule has 0 aliphatic heterocycles. The maximum atomic E-state index is 4.03. The highest BCUT2D eigenvalue weighted by atomic mass is 15.1. The van der Waals surface area contributed by atoms with Gasteiger partial charge in [-0.05, 0) is 24.8 Å². The van der Waals surface area contributed by atoms with Gasteiger partial charge in [0.15, 0.2) is 0 Å². The summed E-state index contributed by atoms with van der Waals surface area (Å²) in [6.07, 6.45) is 5.07. The van der Waals surface area contributed by atoms with Crippen LogP contribution in [0.3, 0.4) is 0 Å². The molecule has 1 rings (SSSR count). The molecule has 1 aromatic rings. The molecule has 1 heterocycles. The second-order valence-electron chi connectivity index (χ2n) is 2.75. The second kappa shape index (κ2) is 3.40. The van der Waals surface area contributed by atoms with Crippen molar-refractivity contribution in [1.82, 2.24) is 10.2 Å². The lowest BCUT2D eigenvalue weighted by Gasteiger charge is -1.99. The van der Waals surface area contributed by atoms with Gasteiger partial charge in [0.2, 0.25) is 0 Å². The highest BCUT2D eigenvalue weighted by molar-refractivity contribution is 5.01. The van der Waals surface area contributed by atoms with Gasteiger partial charge in [-0.1, -0.05) is 13.8 Å². The quantitative estimate of drug-likeness (QED) is 0.676. The largest absolute Gasteiger partial charge is 0.285 e. The highest BCUT2D eigenvalue weighted by Crippen LogP contribution is 2.03. The summed E-state index contributed by atoms with van der Waals surface area (Å²) >= 11 is 0. The minimum Gasteiger partial charge on any atom is -0.285 e. The Morgan fingerprint density at radius 3 is 3.00 bits per heavy atom. The monoisotopic (exact) mass is 137 g/mol. The summed E-state index contributed by atoms with van der Waals surface area (Å²) in [6.45, 7) is 4.35. The van der Waals surface area contributed by atoms with E-state index in [0.29, 0.717) is 5.92 Å². The standard InChI is InChI=1S/C8H13N2/c1-7(2)3-4-8-5-6-9-10-8/h3,5-7H,4H2,1-2H3,(H,9,10). The third-order valence-electron chi connectivity index (χ3n) is 1.36. The second-order valence-corrected chi connectivity index (χ2v) is 2.75. The van der Waals surface area contributed by atoms with Crippen molar-refractivity contribution in [2.75, 3.05) is 0 Å². The molecule has 0 aliphatic rings. The summed E-state index contributed by atoms with van der Waals surface area (Å²) in [5.74, 6) is 0.650. The summed E-state index contributed by atoms with van der Waals surface area (Å²) in [5, 5.41) is 6.82. The highest BCUT2D eigenvalue weighted by Gasteiger charge is 1.97. The van der Waals surface area contributed by atoms with Gasteiger partial charge in [-0.15, -0.1) is 0 Å². The Bertz CT molecular complexity index is 165. The van der Waals surface area contributed by atoms with Gasteiger partial charge in [0.1, 0.15) is 0 Å². The van der Waals surface area contributed by atoms with Gasteiger partial charge in [0.05, 0.1) is 5.69 Å². The van der Waals surface area contributed by atoms with Crippen molar-refractivity contribution >= 4 is 0 Å². The summed E-state index contributed by atoms with van der Waals surface area (Å²) in [7, 11) is 0. The maximum absolute atomic E-state index is 4.03. The van der Waals surface area contributed by atoms with E-state index in [2.05, 4.69) is 30.5 Å². The molecule has 0 saturated heterocycles. The number of rotatable bonds is 3. The van der Waals surface area contributed by atoms with E-state index >= 15 is 0 Å². The van der Waals surface area contributed by atoms with E-state index in [-0.39, 0.29) is 0 Å².